The lowest BCUT2D eigenvalue weighted by Gasteiger charge is -2.30. The molecular formula is C66H76F2N10O7. The zero-order valence-electron chi connectivity index (χ0n) is 48.7. The average Bonchev–Trinajstić information content (AvgIpc) is 3.99. The van der Waals surface area contributed by atoms with Gasteiger partial charge in [-0.1, -0.05) is 24.3 Å². The van der Waals surface area contributed by atoms with E-state index in [4.69, 9.17) is 0 Å². The quantitative estimate of drug-likeness (QED) is 0.0203. The number of hydrogen-bond acceptors (Lipinski definition) is 12. The van der Waals surface area contributed by atoms with Gasteiger partial charge in [0.1, 0.15) is 17.7 Å². The molecule has 0 unspecified atom stereocenters. The van der Waals surface area contributed by atoms with Crippen LogP contribution in [-0.2, 0) is 14.4 Å². The molecule has 5 amide bonds. The topological polar surface area (TPSA) is 224 Å². The number of likely N-dealkylation sites (tertiary alicyclic amines) is 2. The van der Waals surface area contributed by atoms with Crippen LogP contribution >= 0.6 is 0 Å². The molecule has 0 bridgehead atoms. The third kappa shape index (κ3) is 16.9. The van der Waals surface area contributed by atoms with Crippen molar-refractivity contribution in [1.82, 2.24) is 51.7 Å². The van der Waals surface area contributed by atoms with E-state index >= 15 is 0 Å². The van der Waals surface area contributed by atoms with Gasteiger partial charge in [-0.05, 0) is 206 Å². The van der Waals surface area contributed by atoms with Crippen molar-refractivity contribution in [2.24, 2.45) is 0 Å². The fourth-order valence-corrected chi connectivity index (χ4v) is 10.9. The van der Waals surface area contributed by atoms with E-state index in [2.05, 4.69) is 46.8 Å². The number of pyridine rings is 2. The summed E-state index contributed by atoms with van der Waals surface area (Å²) in [5.74, 6) is -2.51. The Labute approximate surface area is 495 Å². The molecule has 446 valence electrons. The minimum absolute atomic E-state index is 0.00395. The van der Waals surface area contributed by atoms with Crippen molar-refractivity contribution in [3.05, 3.63) is 190 Å². The molecule has 8 rings (SSSR count). The summed E-state index contributed by atoms with van der Waals surface area (Å²) in [6.45, 7) is 6.19. The minimum Gasteiger partial charge on any atom is -0.352 e. The van der Waals surface area contributed by atoms with Gasteiger partial charge in [-0.15, -0.1) is 0 Å². The molecule has 2 aliphatic heterocycles. The number of carbonyl (C=O) groups is 7. The minimum atomic E-state index is -0.826. The number of hydrogen-bond donors (Lipinski definition) is 6. The smallest absolute Gasteiger partial charge is 0.251 e. The Hall–Kier alpha value is -8.39. The normalized spacial score (nSPS) is 16.4. The number of likely N-dealkylation sites (N-methyl/N-ethyl adjacent to an activating group) is 2. The summed E-state index contributed by atoms with van der Waals surface area (Å²) in [7, 11) is 3.41. The Bertz CT molecular complexity index is 3270. The van der Waals surface area contributed by atoms with Gasteiger partial charge in [-0.3, -0.25) is 48.4 Å². The van der Waals surface area contributed by atoms with Crippen LogP contribution in [0.5, 0.6) is 0 Å². The Morgan fingerprint density at radius 2 is 0.976 bits per heavy atom. The fourth-order valence-electron chi connectivity index (χ4n) is 10.9. The molecule has 85 heavy (non-hydrogen) atoms. The van der Waals surface area contributed by atoms with Crippen LogP contribution in [0.4, 0.5) is 8.78 Å². The van der Waals surface area contributed by atoms with E-state index in [1.54, 1.807) is 68.6 Å². The molecule has 2 fully saturated rings. The highest BCUT2D eigenvalue weighted by Crippen LogP contribution is 2.35. The Morgan fingerprint density at radius 1 is 0.529 bits per heavy atom. The Balaban J connectivity index is 0.779. The predicted octanol–water partition coefficient (Wildman–Crippen LogP) is 8.07. The average molecular weight is 1160 g/mol. The van der Waals surface area contributed by atoms with Gasteiger partial charge in [-0.2, -0.15) is 0 Å². The third-order valence-corrected chi connectivity index (χ3v) is 16.1. The number of nitrogens with zero attached hydrogens (tertiary/aromatic N) is 4. The number of rotatable bonds is 28. The van der Waals surface area contributed by atoms with Crippen LogP contribution in [0.15, 0.2) is 134 Å². The third-order valence-electron chi connectivity index (χ3n) is 16.1. The number of unbranched alkanes of at least 4 members (excludes halogenated alkanes) is 2. The summed E-state index contributed by atoms with van der Waals surface area (Å²) in [5, 5.41) is 18.1. The van der Waals surface area contributed by atoms with Crippen molar-refractivity contribution in [2.45, 2.75) is 114 Å². The number of benzene rings is 4. The second-order valence-electron chi connectivity index (χ2n) is 22.0. The summed E-state index contributed by atoms with van der Waals surface area (Å²) in [4.78, 5) is 106. The predicted molar refractivity (Wildman–Crippen MR) is 321 cm³/mol. The summed E-state index contributed by atoms with van der Waals surface area (Å²) in [5.41, 5.74) is 5.79. The van der Waals surface area contributed by atoms with Gasteiger partial charge in [0.2, 0.25) is 17.7 Å². The first-order valence-electron chi connectivity index (χ1n) is 29.4. The first-order chi connectivity index (χ1) is 41.1. The van der Waals surface area contributed by atoms with Gasteiger partial charge in [-0.25, -0.2) is 8.78 Å². The van der Waals surface area contributed by atoms with Crippen LogP contribution in [-0.4, -0.2) is 132 Å². The first kappa shape index (κ1) is 62.7. The number of aromatic nitrogens is 2. The molecule has 6 atom stereocenters. The molecule has 4 aromatic carbocycles. The maximum absolute atomic E-state index is 14.3. The van der Waals surface area contributed by atoms with Gasteiger partial charge >= 0.3 is 0 Å². The van der Waals surface area contributed by atoms with Crippen LogP contribution in [0.2, 0.25) is 0 Å². The summed E-state index contributed by atoms with van der Waals surface area (Å²) < 4.78 is 27.1. The van der Waals surface area contributed by atoms with Crippen molar-refractivity contribution in [2.75, 3.05) is 46.8 Å². The SMILES string of the molecule is CN[C@@H](C)C(=O)N[C@@H](CCCCNC(=O)c1ccc(-c2ccc(C(=O)NCCCC[C@H](NC(=O)[C@H](C)NC)C(=O)N3CCC[C@H]3c3cncc(C(=O)c4ccc(F)cc4)c3)cc2)cc1)CN1CCC[C@H]1c1cncc(C(=O)c2ccc(F)cc2)c1. The van der Waals surface area contributed by atoms with E-state index in [1.807, 2.05) is 37.3 Å². The van der Waals surface area contributed by atoms with E-state index in [0.717, 1.165) is 48.9 Å². The number of ketones is 2. The largest absolute Gasteiger partial charge is 0.352 e. The van der Waals surface area contributed by atoms with Gasteiger partial charge in [0.05, 0.1) is 18.1 Å². The molecule has 2 aromatic heterocycles. The van der Waals surface area contributed by atoms with Crippen LogP contribution in [0.3, 0.4) is 0 Å². The first-order valence-corrected chi connectivity index (χ1v) is 29.4. The van der Waals surface area contributed by atoms with Gasteiger partial charge < -0.3 is 36.8 Å². The maximum Gasteiger partial charge on any atom is 0.251 e. The second kappa shape index (κ2) is 30.4. The van der Waals surface area contributed by atoms with Gasteiger partial charge in [0.15, 0.2) is 11.6 Å². The molecule has 6 N–H and O–H groups in total. The highest BCUT2D eigenvalue weighted by Gasteiger charge is 2.36. The molecule has 0 spiro atoms. The van der Waals surface area contributed by atoms with Crippen molar-refractivity contribution in [1.29, 1.82) is 0 Å². The van der Waals surface area contributed by atoms with Crippen molar-refractivity contribution < 1.29 is 42.3 Å². The molecule has 17 nitrogen and oxygen atoms in total. The monoisotopic (exact) mass is 1160 g/mol. The summed E-state index contributed by atoms with van der Waals surface area (Å²) in [6.07, 6.45) is 13.2. The van der Waals surface area contributed by atoms with Crippen LogP contribution in [0.25, 0.3) is 11.1 Å². The highest BCUT2D eigenvalue weighted by molar-refractivity contribution is 6.09. The van der Waals surface area contributed by atoms with Gasteiger partial charge in [0.25, 0.3) is 11.8 Å². The number of carbonyl (C=O) groups excluding carboxylic acids is 7. The van der Waals surface area contributed by atoms with Crippen molar-refractivity contribution in [3.8, 4) is 11.1 Å². The van der Waals surface area contributed by atoms with Crippen molar-refractivity contribution in [3.63, 3.8) is 0 Å². The van der Waals surface area contributed by atoms with Crippen LogP contribution < -0.4 is 31.9 Å². The lowest BCUT2D eigenvalue weighted by Crippen LogP contribution is -2.52. The highest BCUT2D eigenvalue weighted by atomic mass is 19.1. The second-order valence-corrected chi connectivity index (χ2v) is 22.0. The van der Waals surface area contributed by atoms with E-state index in [-0.39, 0.29) is 65.3 Å². The summed E-state index contributed by atoms with van der Waals surface area (Å²) in [6, 6.07) is 26.5. The zero-order valence-corrected chi connectivity index (χ0v) is 48.7. The fraction of sp³-hybridized carbons (Fsp3) is 0.379. The van der Waals surface area contributed by atoms with Crippen LogP contribution in [0.1, 0.15) is 154 Å². The summed E-state index contributed by atoms with van der Waals surface area (Å²) >= 11 is 0. The van der Waals surface area contributed by atoms with Crippen LogP contribution in [0, 0.1) is 11.6 Å². The van der Waals surface area contributed by atoms with E-state index in [9.17, 15) is 42.3 Å². The van der Waals surface area contributed by atoms with Crippen molar-refractivity contribution >= 4 is 41.1 Å². The lowest BCUT2D eigenvalue weighted by atomic mass is 9.99. The molecule has 2 saturated heterocycles. The molecule has 4 heterocycles. The number of nitrogens with one attached hydrogen (secondary N) is 6. The zero-order chi connectivity index (χ0) is 60.4. The maximum atomic E-state index is 14.3. The number of amides is 5. The van der Waals surface area contributed by atoms with Gasteiger partial charge in [0, 0.05) is 96.4 Å². The van der Waals surface area contributed by atoms with E-state index in [1.165, 1.54) is 60.9 Å². The Kier molecular flexibility index (Phi) is 22.4. The molecule has 0 radical (unpaired) electrons. The molecule has 0 saturated carbocycles. The molecule has 0 aliphatic carbocycles. The van der Waals surface area contributed by atoms with E-state index in [0.29, 0.717) is 104 Å². The molecule has 2 aliphatic rings. The standard InChI is InChI=1S/C66H76F2N10O7/c1-42(69-3)62(81)75-56(41-77-33-9-13-58(77)50-35-52(39-71-37-50)60(79)46-23-27-54(67)28-24-46)11-5-7-31-73-64(83)48-19-15-44(16-20-48)45-17-21-49(22-18-45)65(84)74-32-8-6-12-57(76-63(82)43(2)70-4)66(85)78-34-10-14-59(78)51-36-53(40-72-38-51)61(80)47-25-29-55(68)30-26-47/h15-30,35-40,42-43,56-59,69-70H,5-14,31-34,41H2,1-4H3,(H,73,83)(H,74,84)(H,75,81)(H,76,82)/t42-,43-,56-,57-,58-,59-/m0/s1. The number of halogens is 2. The lowest BCUT2D eigenvalue weighted by molar-refractivity contribution is -0.137. The van der Waals surface area contributed by atoms with E-state index < -0.39 is 23.7 Å². The Morgan fingerprint density at radius 3 is 1.48 bits per heavy atom. The molecular weight excluding hydrogens is 1080 g/mol. The molecule has 6 aromatic rings. The molecule has 19 heteroatoms.